The molecule has 0 aliphatic carbocycles. The van der Waals surface area contributed by atoms with Gasteiger partial charge in [0, 0.05) is 24.9 Å². The van der Waals surface area contributed by atoms with Crippen LogP contribution in [0.3, 0.4) is 0 Å². The van der Waals surface area contributed by atoms with Gasteiger partial charge < -0.3 is 5.32 Å². The number of halogens is 1. The number of carbonyl (C=O) groups excluding carboxylic acids is 1. The molecule has 0 radical (unpaired) electrons. The molecule has 27 heavy (non-hydrogen) atoms. The number of aryl methyl sites for hydroxylation is 1. The van der Waals surface area contributed by atoms with Crippen LogP contribution in [0.4, 0.5) is 10.1 Å². The number of rotatable bonds is 6. The molecule has 0 bridgehead atoms. The number of carbonyl (C=O) groups is 1. The quantitative estimate of drug-likeness (QED) is 0.397. The van der Waals surface area contributed by atoms with Crippen LogP contribution in [-0.4, -0.2) is 21.2 Å². The van der Waals surface area contributed by atoms with E-state index in [0.717, 1.165) is 5.56 Å². The maximum absolute atomic E-state index is 12.9. The van der Waals surface area contributed by atoms with E-state index in [0.29, 0.717) is 40.3 Å². The van der Waals surface area contributed by atoms with Crippen molar-refractivity contribution in [3.05, 3.63) is 64.2 Å². The molecule has 0 atom stereocenters. The minimum absolute atomic E-state index is 0.0692. The number of hydrogen-bond acceptors (Lipinski definition) is 4. The second-order valence-electron chi connectivity index (χ2n) is 6.29. The molecule has 3 rings (SSSR count). The van der Waals surface area contributed by atoms with Gasteiger partial charge in [0.25, 0.3) is 5.56 Å². The molecule has 0 aliphatic heterocycles. The van der Waals surface area contributed by atoms with Gasteiger partial charge in [-0.1, -0.05) is 23.4 Å². The molecule has 0 spiro atoms. The van der Waals surface area contributed by atoms with Crippen LogP contribution in [0.1, 0.15) is 18.4 Å². The first-order chi connectivity index (χ1) is 12.9. The van der Waals surface area contributed by atoms with E-state index in [4.69, 9.17) is 0 Å². The molecule has 0 fully saturated rings. The first kappa shape index (κ1) is 19.1. The Morgan fingerprint density at radius 3 is 2.70 bits per heavy atom. The summed E-state index contributed by atoms with van der Waals surface area (Å²) >= 11 is 1.45. The van der Waals surface area contributed by atoms with Gasteiger partial charge >= 0.3 is 0 Å². The van der Waals surface area contributed by atoms with E-state index in [2.05, 4.69) is 10.3 Å². The van der Waals surface area contributed by atoms with Gasteiger partial charge in [-0.05, 0) is 49.7 Å². The Hall–Kier alpha value is -2.67. The largest absolute Gasteiger partial charge is 0.326 e. The molecule has 0 aliphatic rings. The average molecular weight is 385 g/mol. The Morgan fingerprint density at radius 1 is 1.22 bits per heavy atom. The predicted molar refractivity (Wildman–Crippen MR) is 107 cm³/mol. The van der Waals surface area contributed by atoms with Crippen molar-refractivity contribution in [2.24, 2.45) is 7.05 Å². The van der Waals surface area contributed by atoms with Crippen molar-refractivity contribution < 1.29 is 9.18 Å². The smallest absolute Gasteiger partial charge is 0.261 e. The molecule has 2 aromatic carbocycles. The molecule has 5 nitrogen and oxygen atoms in total. The Labute approximate surface area is 160 Å². The molecule has 1 heterocycles. The molecule has 0 unspecified atom stereocenters. The number of benzene rings is 2. The minimum atomic E-state index is -0.340. The SMILES string of the molecule is Cc1ccc2nc(SCCCC(=O)Nc3ccc(F)cc3)n(C)c(=O)c2c1. The van der Waals surface area contributed by atoms with Crippen LogP contribution < -0.4 is 10.9 Å². The van der Waals surface area contributed by atoms with E-state index in [9.17, 15) is 14.0 Å². The zero-order chi connectivity index (χ0) is 19.4. The highest BCUT2D eigenvalue weighted by Crippen LogP contribution is 2.19. The highest BCUT2D eigenvalue weighted by Gasteiger charge is 2.09. The van der Waals surface area contributed by atoms with Crippen LogP contribution >= 0.6 is 11.8 Å². The van der Waals surface area contributed by atoms with Gasteiger partial charge in [0.05, 0.1) is 10.9 Å². The van der Waals surface area contributed by atoms with Gasteiger partial charge in [-0.25, -0.2) is 9.37 Å². The standard InChI is InChI=1S/C20H20FN3O2S/c1-13-5-10-17-16(12-13)19(26)24(2)20(23-17)27-11-3-4-18(25)22-15-8-6-14(21)7-9-15/h5-10,12H,3-4,11H2,1-2H3,(H,22,25). The molecule has 1 aromatic heterocycles. The van der Waals surface area contributed by atoms with Crippen molar-refractivity contribution in [3.8, 4) is 0 Å². The molecule has 0 saturated carbocycles. The van der Waals surface area contributed by atoms with Crippen molar-refractivity contribution in [2.75, 3.05) is 11.1 Å². The van der Waals surface area contributed by atoms with E-state index >= 15 is 0 Å². The maximum Gasteiger partial charge on any atom is 0.261 e. The Balaban J connectivity index is 1.56. The Kier molecular flexibility index (Phi) is 5.91. The zero-order valence-electron chi connectivity index (χ0n) is 15.2. The third kappa shape index (κ3) is 4.74. The van der Waals surface area contributed by atoms with Crippen LogP contribution in [0.25, 0.3) is 10.9 Å². The van der Waals surface area contributed by atoms with Gasteiger partial charge in [0.2, 0.25) is 5.91 Å². The van der Waals surface area contributed by atoms with Gasteiger partial charge in [0.1, 0.15) is 5.82 Å². The summed E-state index contributed by atoms with van der Waals surface area (Å²) in [5.74, 6) is 0.195. The molecular weight excluding hydrogens is 365 g/mol. The van der Waals surface area contributed by atoms with E-state index in [1.54, 1.807) is 11.6 Å². The maximum atomic E-state index is 12.9. The summed E-state index contributed by atoms with van der Waals surface area (Å²) in [6, 6.07) is 11.3. The van der Waals surface area contributed by atoms with Crippen LogP contribution in [0.5, 0.6) is 0 Å². The normalized spacial score (nSPS) is 10.9. The second-order valence-corrected chi connectivity index (χ2v) is 7.35. The summed E-state index contributed by atoms with van der Waals surface area (Å²) in [5, 5.41) is 3.98. The van der Waals surface area contributed by atoms with Crippen molar-refractivity contribution in [1.29, 1.82) is 0 Å². The van der Waals surface area contributed by atoms with Crippen molar-refractivity contribution in [1.82, 2.24) is 9.55 Å². The summed E-state index contributed by atoms with van der Waals surface area (Å²) < 4.78 is 14.4. The van der Waals surface area contributed by atoms with Crippen molar-refractivity contribution in [3.63, 3.8) is 0 Å². The van der Waals surface area contributed by atoms with Gasteiger partial charge in [0.15, 0.2) is 5.16 Å². The third-order valence-corrected chi connectivity index (χ3v) is 5.21. The second kappa shape index (κ2) is 8.35. The molecule has 7 heteroatoms. The topological polar surface area (TPSA) is 64.0 Å². The number of hydrogen-bond donors (Lipinski definition) is 1. The highest BCUT2D eigenvalue weighted by molar-refractivity contribution is 7.99. The van der Waals surface area contributed by atoms with Crippen molar-refractivity contribution in [2.45, 2.75) is 24.9 Å². The van der Waals surface area contributed by atoms with Crippen molar-refractivity contribution >= 4 is 34.3 Å². The van der Waals surface area contributed by atoms with Gasteiger partial charge in [-0.2, -0.15) is 0 Å². The average Bonchev–Trinajstić information content (AvgIpc) is 2.65. The summed E-state index contributed by atoms with van der Waals surface area (Å²) in [6.45, 7) is 1.94. The van der Waals surface area contributed by atoms with Gasteiger partial charge in [-0.3, -0.25) is 14.2 Å². The Morgan fingerprint density at radius 2 is 1.96 bits per heavy atom. The van der Waals surface area contributed by atoms with Crippen LogP contribution in [-0.2, 0) is 11.8 Å². The number of amides is 1. The van der Waals surface area contributed by atoms with Crippen LogP contribution in [0.2, 0.25) is 0 Å². The number of fused-ring (bicyclic) bond motifs is 1. The molecule has 140 valence electrons. The lowest BCUT2D eigenvalue weighted by atomic mass is 10.2. The summed E-state index contributed by atoms with van der Waals surface area (Å²) in [4.78, 5) is 29.0. The first-order valence-corrected chi connectivity index (χ1v) is 9.58. The number of nitrogens with one attached hydrogen (secondary N) is 1. The fraction of sp³-hybridized carbons (Fsp3) is 0.250. The van der Waals surface area contributed by atoms with E-state index in [-0.39, 0.29) is 17.3 Å². The number of thioether (sulfide) groups is 1. The van der Waals surface area contributed by atoms with E-state index < -0.39 is 0 Å². The highest BCUT2D eigenvalue weighted by atomic mass is 32.2. The summed E-state index contributed by atoms with van der Waals surface area (Å²) in [7, 11) is 1.71. The lowest BCUT2D eigenvalue weighted by molar-refractivity contribution is -0.116. The van der Waals surface area contributed by atoms with Crippen LogP contribution in [0.15, 0.2) is 52.4 Å². The minimum Gasteiger partial charge on any atom is -0.326 e. The molecular formula is C20H20FN3O2S. The van der Waals surface area contributed by atoms with E-state index in [1.165, 1.54) is 36.0 Å². The Bertz CT molecular complexity index is 1030. The lowest BCUT2D eigenvalue weighted by Crippen LogP contribution is -2.20. The lowest BCUT2D eigenvalue weighted by Gasteiger charge is -2.09. The fourth-order valence-electron chi connectivity index (χ4n) is 2.65. The predicted octanol–water partition coefficient (Wildman–Crippen LogP) is 3.89. The van der Waals surface area contributed by atoms with E-state index in [1.807, 2.05) is 25.1 Å². The fourth-order valence-corrected chi connectivity index (χ4v) is 3.56. The first-order valence-electron chi connectivity index (χ1n) is 8.59. The molecule has 1 amide bonds. The molecule has 3 aromatic rings. The summed E-state index contributed by atoms with van der Waals surface area (Å²) in [6.07, 6.45) is 0.977. The molecule has 1 N–H and O–H groups in total. The number of anilines is 1. The zero-order valence-corrected chi connectivity index (χ0v) is 16.0. The summed E-state index contributed by atoms with van der Waals surface area (Å²) in [5.41, 5.74) is 2.21. The number of nitrogens with zero attached hydrogens (tertiary/aromatic N) is 2. The number of aromatic nitrogens is 2. The van der Waals surface area contributed by atoms with Crippen LogP contribution in [0, 0.1) is 12.7 Å². The monoisotopic (exact) mass is 385 g/mol. The molecule has 0 saturated heterocycles. The van der Waals surface area contributed by atoms with Gasteiger partial charge in [-0.15, -0.1) is 0 Å². The third-order valence-electron chi connectivity index (χ3n) is 4.10.